The van der Waals surface area contributed by atoms with Crippen LogP contribution in [0.15, 0.2) is 51.8 Å². The second-order valence-electron chi connectivity index (χ2n) is 4.38. The van der Waals surface area contributed by atoms with Crippen molar-refractivity contribution in [1.82, 2.24) is 0 Å². The second kappa shape index (κ2) is 5.35. The fourth-order valence-electron chi connectivity index (χ4n) is 1.87. The van der Waals surface area contributed by atoms with E-state index in [1.807, 2.05) is 6.07 Å². The maximum Gasteiger partial charge on any atom is 0.182 e. The average Bonchev–Trinajstić information content (AvgIpc) is 2.33. The lowest BCUT2D eigenvalue weighted by atomic mass is 10.2. The molecular formula is C14H14BrNO2S. The molecule has 0 radical (unpaired) electrons. The maximum absolute atomic E-state index is 12.4. The first kappa shape index (κ1) is 14.1. The number of nitrogen functional groups attached to an aromatic ring is 1. The number of benzene rings is 2. The van der Waals surface area contributed by atoms with Crippen LogP contribution in [0.4, 0.5) is 5.69 Å². The van der Waals surface area contributed by atoms with Gasteiger partial charge >= 0.3 is 0 Å². The zero-order valence-corrected chi connectivity index (χ0v) is 12.8. The minimum absolute atomic E-state index is 0.0429. The summed E-state index contributed by atoms with van der Waals surface area (Å²) in [6.45, 7) is 1.80. The van der Waals surface area contributed by atoms with Crippen LogP contribution in [0, 0.1) is 6.92 Å². The van der Waals surface area contributed by atoms with Gasteiger partial charge in [-0.2, -0.15) is 0 Å². The van der Waals surface area contributed by atoms with E-state index in [0.29, 0.717) is 20.6 Å². The molecule has 0 spiro atoms. The van der Waals surface area contributed by atoms with Crippen LogP contribution in [0.1, 0.15) is 11.1 Å². The van der Waals surface area contributed by atoms with Crippen molar-refractivity contribution in [3.05, 3.63) is 58.1 Å². The summed E-state index contributed by atoms with van der Waals surface area (Å²) < 4.78 is 25.5. The van der Waals surface area contributed by atoms with Crippen LogP contribution in [-0.2, 0) is 15.6 Å². The molecule has 2 aromatic rings. The van der Waals surface area contributed by atoms with E-state index in [1.165, 1.54) is 0 Å². The Morgan fingerprint density at radius 1 is 1.16 bits per heavy atom. The van der Waals surface area contributed by atoms with Crippen molar-refractivity contribution in [1.29, 1.82) is 0 Å². The highest BCUT2D eigenvalue weighted by molar-refractivity contribution is 9.10. The number of nitrogens with two attached hydrogens (primary N) is 1. The van der Waals surface area contributed by atoms with Gasteiger partial charge in [-0.15, -0.1) is 0 Å². The number of halogens is 1. The molecule has 0 aliphatic carbocycles. The Hall–Kier alpha value is -1.33. The molecule has 0 saturated heterocycles. The van der Waals surface area contributed by atoms with Crippen molar-refractivity contribution in [2.45, 2.75) is 17.6 Å². The normalized spacial score (nSPS) is 11.5. The number of hydrogen-bond acceptors (Lipinski definition) is 3. The topological polar surface area (TPSA) is 60.2 Å². The fourth-order valence-corrected chi connectivity index (χ4v) is 4.25. The average molecular weight is 340 g/mol. The Balaban J connectivity index is 2.40. The summed E-state index contributed by atoms with van der Waals surface area (Å²) in [5.41, 5.74) is 7.71. The highest BCUT2D eigenvalue weighted by Gasteiger charge is 2.18. The molecule has 5 heteroatoms. The molecule has 100 valence electrons. The Labute approximate surface area is 121 Å². The summed E-state index contributed by atoms with van der Waals surface area (Å²) in [6.07, 6.45) is 0. The smallest absolute Gasteiger partial charge is 0.182 e. The third-order valence-corrected chi connectivity index (χ3v) is 5.41. The van der Waals surface area contributed by atoms with Crippen LogP contribution in [0.5, 0.6) is 0 Å². The van der Waals surface area contributed by atoms with Gasteiger partial charge in [0.1, 0.15) is 0 Å². The highest BCUT2D eigenvalue weighted by atomic mass is 79.9. The summed E-state index contributed by atoms with van der Waals surface area (Å²) in [7, 11) is -3.35. The zero-order chi connectivity index (χ0) is 14.0. The molecule has 0 atom stereocenters. The van der Waals surface area contributed by atoms with Crippen LogP contribution < -0.4 is 5.73 Å². The molecule has 0 aliphatic rings. The van der Waals surface area contributed by atoms with Gasteiger partial charge < -0.3 is 5.73 Å². The third-order valence-electron chi connectivity index (χ3n) is 2.85. The summed E-state index contributed by atoms with van der Waals surface area (Å²) >= 11 is 3.35. The first-order valence-electron chi connectivity index (χ1n) is 5.72. The van der Waals surface area contributed by atoms with Crippen LogP contribution in [-0.4, -0.2) is 8.42 Å². The van der Waals surface area contributed by atoms with Gasteiger partial charge in [0.2, 0.25) is 0 Å². The standard InChI is InChI=1S/C14H14BrNO2S/c1-10-4-2-3-5-14(10)19(17,18)9-11-6-7-12(16)8-13(11)15/h2-8H,9,16H2,1H3. The zero-order valence-electron chi connectivity index (χ0n) is 10.4. The molecule has 0 aromatic heterocycles. The molecule has 0 saturated carbocycles. The molecule has 0 aliphatic heterocycles. The Morgan fingerprint density at radius 3 is 2.47 bits per heavy atom. The Bertz CT molecular complexity index is 711. The van der Waals surface area contributed by atoms with E-state index in [4.69, 9.17) is 5.73 Å². The van der Waals surface area contributed by atoms with Crippen molar-refractivity contribution in [2.75, 3.05) is 5.73 Å². The van der Waals surface area contributed by atoms with Crippen molar-refractivity contribution < 1.29 is 8.42 Å². The molecular weight excluding hydrogens is 326 g/mol. The van der Waals surface area contributed by atoms with Gasteiger partial charge in [-0.05, 0) is 36.2 Å². The number of anilines is 1. The molecule has 0 amide bonds. The molecule has 2 aromatic carbocycles. The van der Waals surface area contributed by atoms with Gasteiger partial charge in [0.05, 0.1) is 10.6 Å². The Morgan fingerprint density at radius 2 is 1.84 bits per heavy atom. The van der Waals surface area contributed by atoms with Gasteiger partial charge in [-0.1, -0.05) is 40.2 Å². The van der Waals surface area contributed by atoms with E-state index < -0.39 is 9.84 Å². The molecule has 0 bridgehead atoms. The van der Waals surface area contributed by atoms with E-state index in [1.54, 1.807) is 43.3 Å². The highest BCUT2D eigenvalue weighted by Crippen LogP contribution is 2.25. The van der Waals surface area contributed by atoms with Gasteiger partial charge in [-0.25, -0.2) is 8.42 Å². The van der Waals surface area contributed by atoms with E-state index >= 15 is 0 Å². The van der Waals surface area contributed by atoms with Crippen LogP contribution in [0.25, 0.3) is 0 Å². The van der Waals surface area contributed by atoms with Crippen LogP contribution in [0.3, 0.4) is 0 Å². The quantitative estimate of drug-likeness (QED) is 0.872. The predicted octanol–water partition coefficient (Wildman–Crippen LogP) is 3.31. The molecule has 0 unspecified atom stereocenters. The Kier molecular flexibility index (Phi) is 3.96. The van der Waals surface area contributed by atoms with Crippen molar-refractivity contribution in [3.63, 3.8) is 0 Å². The first-order valence-corrected chi connectivity index (χ1v) is 8.17. The van der Waals surface area contributed by atoms with Crippen LogP contribution >= 0.6 is 15.9 Å². The monoisotopic (exact) mass is 339 g/mol. The fraction of sp³-hybridized carbons (Fsp3) is 0.143. The molecule has 19 heavy (non-hydrogen) atoms. The van der Waals surface area contributed by atoms with Crippen LogP contribution in [0.2, 0.25) is 0 Å². The van der Waals surface area contributed by atoms with E-state index in [0.717, 1.165) is 5.56 Å². The number of sulfone groups is 1. The first-order chi connectivity index (χ1) is 8.90. The minimum atomic E-state index is -3.35. The molecule has 2 N–H and O–H groups in total. The third kappa shape index (κ3) is 3.16. The van der Waals surface area contributed by atoms with Crippen molar-refractivity contribution >= 4 is 31.5 Å². The second-order valence-corrected chi connectivity index (χ2v) is 7.19. The SMILES string of the molecule is Cc1ccccc1S(=O)(=O)Cc1ccc(N)cc1Br. The van der Waals surface area contributed by atoms with E-state index in [2.05, 4.69) is 15.9 Å². The number of hydrogen-bond donors (Lipinski definition) is 1. The van der Waals surface area contributed by atoms with E-state index in [9.17, 15) is 8.42 Å². The summed E-state index contributed by atoms with van der Waals surface area (Å²) in [5.74, 6) is -0.0429. The molecule has 2 rings (SSSR count). The minimum Gasteiger partial charge on any atom is -0.399 e. The summed E-state index contributed by atoms with van der Waals surface area (Å²) in [6, 6.07) is 12.1. The molecule has 0 heterocycles. The lowest BCUT2D eigenvalue weighted by molar-refractivity contribution is 0.594. The number of rotatable bonds is 3. The molecule has 0 fully saturated rings. The van der Waals surface area contributed by atoms with Gasteiger partial charge in [0.25, 0.3) is 0 Å². The van der Waals surface area contributed by atoms with Crippen molar-refractivity contribution in [2.24, 2.45) is 0 Å². The van der Waals surface area contributed by atoms with Gasteiger partial charge in [-0.3, -0.25) is 0 Å². The van der Waals surface area contributed by atoms with Gasteiger partial charge in [0, 0.05) is 10.2 Å². The predicted molar refractivity (Wildman–Crippen MR) is 80.6 cm³/mol. The molecule has 3 nitrogen and oxygen atoms in total. The summed E-state index contributed by atoms with van der Waals surface area (Å²) in [5, 5.41) is 0. The summed E-state index contributed by atoms with van der Waals surface area (Å²) in [4.78, 5) is 0.374. The van der Waals surface area contributed by atoms with Gasteiger partial charge in [0.15, 0.2) is 9.84 Å². The lowest BCUT2D eigenvalue weighted by Gasteiger charge is -2.09. The maximum atomic E-state index is 12.4. The number of aryl methyl sites for hydroxylation is 1. The van der Waals surface area contributed by atoms with E-state index in [-0.39, 0.29) is 5.75 Å². The largest absolute Gasteiger partial charge is 0.399 e. The van der Waals surface area contributed by atoms with Crippen molar-refractivity contribution in [3.8, 4) is 0 Å². The lowest BCUT2D eigenvalue weighted by Crippen LogP contribution is -2.07.